The van der Waals surface area contributed by atoms with Gasteiger partial charge in [0.05, 0.1) is 0 Å². The van der Waals surface area contributed by atoms with E-state index in [-0.39, 0.29) is 11.8 Å². The minimum absolute atomic E-state index is 0.177. The molecular formula is C25H25N5O. The van der Waals surface area contributed by atoms with E-state index in [0.29, 0.717) is 13.0 Å². The summed E-state index contributed by atoms with van der Waals surface area (Å²) in [7, 11) is 0. The Labute approximate surface area is 181 Å². The number of aryl methyl sites for hydroxylation is 1. The molecule has 4 heterocycles. The highest BCUT2D eigenvalue weighted by Crippen LogP contribution is 2.26. The maximum Gasteiger partial charge on any atom is 0.222 e. The van der Waals surface area contributed by atoms with Crippen LogP contribution in [0.4, 0.5) is 0 Å². The number of pyridine rings is 2. The quantitative estimate of drug-likeness (QED) is 0.495. The third kappa shape index (κ3) is 4.33. The summed E-state index contributed by atoms with van der Waals surface area (Å²) in [5.74, 6) is 1.22. The summed E-state index contributed by atoms with van der Waals surface area (Å²) >= 11 is 0. The largest absolute Gasteiger partial charge is 0.342 e. The number of aromatic nitrogens is 4. The maximum atomic E-state index is 12.8. The Bertz CT molecular complexity index is 1170. The van der Waals surface area contributed by atoms with Gasteiger partial charge in [0, 0.05) is 55.1 Å². The van der Waals surface area contributed by atoms with Crippen molar-refractivity contribution in [2.75, 3.05) is 13.1 Å². The van der Waals surface area contributed by atoms with Crippen molar-refractivity contribution in [2.45, 2.75) is 31.6 Å². The smallest absolute Gasteiger partial charge is 0.222 e. The number of benzene rings is 1. The number of carbonyl (C=O) groups excluding carboxylic acids is 1. The lowest BCUT2D eigenvalue weighted by molar-refractivity contribution is -0.132. The van der Waals surface area contributed by atoms with Crippen molar-refractivity contribution >= 4 is 11.6 Å². The summed E-state index contributed by atoms with van der Waals surface area (Å²) in [5.41, 5.74) is 4.14. The molecule has 0 spiro atoms. The maximum absolute atomic E-state index is 12.8. The van der Waals surface area contributed by atoms with Gasteiger partial charge >= 0.3 is 0 Å². The molecule has 0 N–H and O–H groups in total. The summed E-state index contributed by atoms with van der Waals surface area (Å²) < 4.78 is 1.84. The molecule has 0 bridgehead atoms. The van der Waals surface area contributed by atoms with E-state index in [1.165, 1.54) is 5.56 Å². The van der Waals surface area contributed by atoms with Gasteiger partial charge in [0.25, 0.3) is 0 Å². The Morgan fingerprint density at radius 1 is 1.03 bits per heavy atom. The molecule has 1 saturated heterocycles. The minimum atomic E-state index is 0.177. The average Bonchev–Trinajstić information content (AvgIpc) is 3.27. The van der Waals surface area contributed by atoms with Gasteiger partial charge in [-0.3, -0.25) is 9.78 Å². The topological polar surface area (TPSA) is 63.4 Å². The van der Waals surface area contributed by atoms with Gasteiger partial charge in [-0.2, -0.15) is 5.10 Å². The highest BCUT2D eigenvalue weighted by Gasteiger charge is 2.27. The Morgan fingerprint density at radius 2 is 1.94 bits per heavy atom. The number of likely N-dealkylation sites (tertiary alicyclic amines) is 1. The normalized spacial score (nSPS) is 16.5. The van der Waals surface area contributed by atoms with Crippen LogP contribution in [0.1, 0.15) is 36.6 Å². The van der Waals surface area contributed by atoms with Gasteiger partial charge in [0.1, 0.15) is 0 Å². The first-order valence-electron chi connectivity index (χ1n) is 10.8. The second-order valence-corrected chi connectivity index (χ2v) is 8.10. The number of carbonyl (C=O) groups is 1. The Kier molecular flexibility index (Phi) is 5.44. The van der Waals surface area contributed by atoms with Crippen molar-refractivity contribution in [3.05, 3.63) is 84.6 Å². The number of nitrogens with zero attached hydrogens (tertiary/aromatic N) is 5. The van der Waals surface area contributed by atoms with E-state index in [1.54, 1.807) is 6.20 Å². The molecule has 1 aliphatic heterocycles. The summed E-state index contributed by atoms with van der Waals surface area (Å²) in [6.45, 7) is 1.52. The fraction of sp³-hybridized carbons (Fsp3) is 0.280. The number of rotatable bonds is 5. The molecule has 0 saturated carbocycles. The van der Waals surface area contributed by atoms with E-state index in [1.807, 2.05) is 64.3 Å². The molecule has 1 fully saturated rings. The number of hydrogen-bond donors (Lipinski definition) is 0. The summed E-state index contributed by atoms with van der Waals surface area (Å²) in [6, 6.07) is 18.2. The molecule has 156 valence electrons. The number of amides is 1. The molecule has 1 aliphatic rings. The summed E-state index contributed by atoms with van der Waals surface area (Å²) in [6.07, 6.45) is 8.93. The number of hydrogen-bond acceptors (Lipinski definition) is 4. The van der Waals surface area contributed by atoms with Crippen molar-refractivity contribution in [3.63, 3.8) is 0 Å². The van der Waals surface area contributed by atoms with Gasteiger partial charge in [0.2, 0.25) is 5.91 Å². The van der Waals surface area contributed by atoms with Crippen LogP contribution in [0.15, 0.2) is 73.2 Å². The molecule has 4 aromatic rings. The number of fused-ring (bicyclic) bond motifs is 1. The second-order valence-electron chi connectivity index (χ2n) is 8.10. The third-order valence-corrected chi connectivity index (χ3v) is 5.95. The van der Waals surface area contributed by atoms with Gasteiger partial charge in [-0.25, -0.2) is 9.50 Å². The average molecular weight is 412 g/mol. The molecule has 6 heteroatoms. The highest BCUT2D eigenvalue weighted by molar-refractivity contribution is 5.76. The molecule has 0 aliphatic carbocycles. The SMILES string of the molecule is O=C(CCc1ccccc1)N1CCC[C@H](c2nc3ccc(-c4cccnc4)cn3n2)C1. The standard InChI is InChI=1S/C25H25N5O/c31-24(13-10-19-6-2-1-3-7-19)29-15-5-9-22(17-29)25-27-23-12-11-21(18-30(23)28-25)20-8-4-14-26-16-20/h1-4,6-8,11-12,14,16,18,22H,5,9-10,13,15,17H2/t22-/m0/s1. The molecule has 31 heavy (non-hydrogen) atoms. The van der Waals surface area contributed by atoms with Crippen LogP contribution < -0.4 is 0 Å². The van der Waals surface area contributed by atoms with Crippen LogP contribution in [0, 0.1) is 0 Å². The Morgan fingerprint density at radius 3 is 2.77 bits per heavy atom. The second kappa shape index (κ2) is 8.68. The van der Waals surface area contributed by atoms with Crippen LogP contribution in [0.25, 0.3) is 16.8 Å². The van der Waals surface area contributed by atoms with E-state index in [4.69, 9.17) is 10.1 Å². The summed E-state index contributed by atoms with van der Waals surface area (Å²) in [4.78, 5) is 23.7. The molecule has 0 unspecified atom stereocenters. The third-order valence-electron chi connectivity index (χ3n) is 5.95. The van der Waals surface area contributed by atoms with Gasteiger partial charge < -0.3 is 4.90 Å². The van der Waals surface area contributed by atoms with E-state index >= 15 is 0 Å². The predicted octanol–water partition coefficient (Wildman–Crippen LogP) is 4.13. The van der Waals surface area contributed by atoms with E-state index in [2.05, 4.69) is 17.1 Å². The zero-order valence-electron chi connectivity index (χ0n) is 17.4. The zero-order valence-corrected chi connectivity index (χ0v) is 17.4. The molecule has 5 rings (SSSR count). The lowest BCUT2D eigenvalue weighted by atomic mass is 9.97. The van der Waals surface area contributed by atoms with Crippen LogP contribution in [-0.2, 0) is 11.2 Å². The van der Waals surface area contributed by atoms with Crippen LogP contribution in [0.2, 0.25) is 0 Å². The molecule has 1 atom stereocenters. The van der Waals surface area contributed by atoms with Gasteiger partial charge in [-0.1, -0.05) is 36.4 Å². The van der Waals surface area contributed by atoms with Crippen molar-refractivity contribution < 1.29 is 4.79 Å². The molecular weight excluding hydrogens is 386 g/mol. The zero-order chi connectivity index (χ0) is 21.0. The highest BCUT2D eigenvalue weighted by atomic mass is 16.2. The van der Waals surface area contributed by atoms with Crippen molar-refractivity contribution in [1.29, 1.82) is 0 Å². The van der Waals surface area contributed by atoms with Crippen LogP contribution in [0.3, 0.4) is 0 Å². The van der Waals surface area contributed by atoms with Crippen LogP contribution >= 0.6 is 0 Å². The van der Waals surface area contributed by atoms with Gasteiger partial charge in [-0.15, -0.1) is 0 Å². The van der Waals surface area contributed by atoms with Gasteiger partial charge in [-0.05, 0) is 43.0 Å². The van der Waals surface area contributed by atoms with Crippen molar-refractivity contribution in [2.24, 2.45) is 0 Å². The Hall–Kier alpha value is -3.54. The lowest BCUT2D eigenvalue weighted by Crippen LogP contribution is -2.39. The molecule has 0 radical (unpaired) electrons. The van der Waals surface area contributed by atoms with Crippen molar-refractivity contribution in [3.8, 4) is 11.1 Å². The first-order chi connectivity index (χ1) is 15.3. The first-order valence-corrected chi connectivity index (χ1v) is 10.8. The minimum Gasteiger partial charge on any atom is -0.342 e. The summed E-state index contributed by atoms with van der Waals surface area (Å²) in [5, 5.41) is 4.76. The fourth-order valence-corrected chi connectivity index (χ4v) is 4.25. The molecule has 1 aromatic carbocycles. The van der Waals surface area contributed by atoms with Crippen molar-refractivity contribution in [1.82, 2.24) is 24.5 Å². The van der Waals surface area contributed by atoms with Gasteiger partial charge in [0.15, 0.2) is 11.5 Å². The van der Waals surface area contributed by atoms with Crippen LogP contribution in [-0.4, -0.2) is 43.5 Å². The monoisotopic (exact) mass is 411 g/mol. The number of piperidine rings is 1. The van der Waals surface area contributed by atoms with Crippen LogP contribution in [0.5, 0.6) is 0 Å². The molecule has 3 aromatic heterocycles. The van der Waals surface area contributed by atoms with E-state index < -0.39 is 0 Å². The van der Waals surface area contributed by atoms with E-state index in [0.717, 1.165) is 48.4 Å². The Balaban J connectivity index is 1.28. The predicted molar refractivity (Wildman–Crippen MR) is 120 cm³/mol. The van der Waals surface area contributed by atoms with E-state index in [9.17, 15) is 4.79 Å². The fourth-order valence-electron chi connectivity index (χ4n) is 4.25. The lowest BCUT2D eigenvalue weighted by Gasteiger charge is -2.31. The first kappa shape index (κ1) is 19.4. The molecule has 1 amide bonds. The molecule has 6 nitrogen and oxygen atoms in total.